The van der Waals surface area contributed by atoms with Gasteiger partial charge in [-0.05, 0) is 60.9 Å². The molecule has 2 aromatic rings. The van der Waals surface area contributed by atoms with E-state index in [0.29, 0.717) is 28.3 Å². The average Bonchev–Trinajstić information content (AvgIpc) is 2.86. The van der Waals surface area contributed by atoms with E-state index in [-0.39, 0.29) is 24.1 Å². The fourth-order valence-electron chi connectivity index (χ4n) is 4.51. The molecule has 2 aromatic carbocycles. The van der Waals surface area contributed by atoms with E-state index in [1.54, 1.807) is 49.6 Å². The summed E-state index contributed by atoms with van der Waals surface area (Å²) in [5, 5.41) is 5.01. The van der Waals surface area contributed by atoms with Crippen LogP contribution >= 0.6 is 0 Å². The van der Waals surface area contributed by atoms with Crippen molar-refractivity contribution in [1.29, 1.82) is 0 Å². The summed E-state index contributed by atoms with van der Waals surface area (Å²) in [5.41, 5.74) is 1.90. The van der Waals surface area contributed by atoms with Crippen LogP contribution in [0.5, 0.6) is 11.5 Å². The van der Waals surface area contributed by atoms with Gasteiger partial charge >= 0.3 is 6.03 Å². The molecule has 0 atom stereocenters. The number of amides is 5. The first-order valence-corrected chi connectivity index (χ1v) is 11.9. The highest BCUT2D eigenvalue weighted by molar-refractivity contribution is 6.31. The summed E-state index contributed by atoms with van der Waals surface area (Å²) in [4.78, 5) is 50.5. The largest absolute Gasteiger partial charge is 0.496 e. The first-order valence-electron chi connectivity index (χ1n) is 11.9. The maximum atomic E-state index is 13.2. The number of imide groups is 2. The molecule has 9 heteroatoms. The number of rotatable bonds is 7. The van der Waals surface area contributed by atoms with Gasteiger partial charge < -0.3 is 14.8 Å². The molecule has 0 radical (unpaired) electrons. The summed E-state index contributed by atoms with van der Waals surface area (Å²) < 4.78 is 11.3. The van der Waals surface area contributed by atoms with Crippen LogP contribution in [0.4, 0.5) is 10.5 Å². The van der Waals surface area contributed by atoms with Gasteiger partial charge in [0, 0.05) is 24.2 Å². The third kappa shape index (κ3) is 5.73. The SMILES string of the molecule is COc1ccc(/C=C2\C(=O)NC(=O)N(C3CCCCC3)C2=O)cc1COc1ccc(NC(C)=O)cc1. The zero-order chi connectivity index (χ0) is 25.7. The summed E-state index contributed by atoms with van der Waals surface area (Å²) in [6.45, 7) is 1.61. The van der Waals surface area contributed by atoms with E-state index >= 15 is 0 Å². The molecule has 5 amide bonds. The number of hydrogen-bond acceptors (Lipinski definition) is 6. The molecule has 36 heavy (non-hydrogen) atoms. The Labute approximate surface area is 209 Å². The van der Waals surface area contributed by atoms with Gasteiger partial charge in [-0.1, -0.05) is 25.3 Å². The summed E-state index contributed by atoms with van der Waals surface area (Å²) >= 11 is 0. The average molecular weight is 492 g/mol. The van der Waals surface area contributed by atoms with E-state index in [4.69, 9.17) is 9.47 Å². The minimum atomic E-state index is -0.704. The molecule has 9 nitrogen and oxygen atoms in total. The highest BCUT2D eigenvalue weighted by Crippen LogP contribution is 2.28. The molecule has 0 unspecified atom stereocenters. The molecule has 0 bridgehead atoms. The Bertz CT molecular complexity index is 1200. The van der Waals surface area contributed by atoms with Crippen molar-refractivity contribution in [3.8, 4) is 11.5 Å². The standard InChI is InChI=1S/C27H29N3O6/c1-17(31)28-20-9-11-22(12-10-20)36-16-19-14-18(8-13-24(19)35-2)15-23-25(32)29-27(34)30(26(23)33)21-6-4-3-5-7-21/h8-15,21H,3-7,16H2,1-2H3,(H,28,31)(H,29,32,34)/b23-15+. The van der Waals surface area contributed by atoms with Crippen molar-refractivity contribution in [1.82, 2.24) is 10.2 Å². The molecule has 0 spiro atoms. The second kappa shape index (κ2) is 11.1. The molecule has 2 N–H and O–H groups in total. The molecule has 1 aliphatic heterocycles. The van der Waals surface area contributed by atoms with Crippen molar-refractivity contribution in [3.63, 3.8) is 0 Å². The third-order valence-electron chi connectivity index (χ3n) is 6.26. The van der Waals surface area contributed by atoms with E-state index in [1.807, 2.05) is 0 Å². The first kappa shape index (κ1) is 25.0. The van der Waals surface area contributed by atoms with E-state index in [1.165, 1.54) is 17.9 Å². The number of urea groups is 1. The van der Waals surface area contributed by atoms with Crippen LogP contribution in [-0.2, 0) is 21.0 Å². The predicted molar refractivity (Wildman–Crippen MR) is 133 cm³/mol. The topological polar surface area (TPSA) is 114 Å². The zero-order valence-corrected chi connectivity index (χ0v) is 20.3. The van der Waals surface area contributed by atoms with Gasteiger partial charge in [-0.3, -0.25) is 24.6 Å². The molecular weight excluding hydrogens is 462 g/mol. The molecule has 0 aromatic heterocycles. The van der Waals surface area contributed by atoms with E-state index in [0.717, 1.165) is 32.1 Å². The number of hydrogen-bond donors (Lipinski definition) is 2. The molecule has 1 saturated heterocycles. The molecular formula is C27H29N3O6. The minimum Gasteiger partial charge on any atom is -0.496 e. The van der Waals surface area contributed by atoms with Crippen molar-refractivity contribution in [2.45, 2.75) is 51.7 Å². The lowest BCUT2D eigenvalue weighted by atomic mass is 9.93. The van der Waals surface area contributed by atoms with Crippen molar-refractivity contribution in [3.05, 3.63) is 59.2 Å². The Morgan fingerprint density at radius 2 is 1.81 bits per heavy atom. The van der Waals surface area contributed by atoms with Gasteiger partial charge in [0.05, 0.1) is 7.11 Å². The molecule has 4 rings (SSSR count). The van der Waals surface area contributed by atoms with Gasteiger partial charge in [-0.2, -0.15) is 0 Å². The van der Waals surface area contributed by atoms with Crippen LogP contribution < -0.4 is 20.1 Å². The monoisotopic (exact) mass is 491 g/mol. The maximum absolute atomic E-state index is 13.2. The molecule has 188 valence electrons. The van der Waals surface area contributed by atoms with E-state index in [2.05, 4.69) is 10.6 Å². The maximum Gasteiger partial charge on any atom is 0.331 e. The zero-order valence-electron chi connectivity index (χ0n) is 20.3. The normalized spacial score (nSPS) is 17.7. The number of carbonyl (C=O) groups excluding carboxylic acids is 4. The van der Waals surface area contributed by atoms with Crippen LogP contribution in [-0.4, -0.2) is 41.8 Å². The Morgan fingerprint density at radius 3 is 2.47 bits per heavy atom. The Kier molecular flexibility index (Phi) is 7.68. The second-order valence-electron chi connectivity index (χ2n) is 8.85. The summed E-state index contributed by atoms with van der Waals surface area (Å²) in [6.07, 6.45) is 5.97. The number of methoxy groups -OCH3 is 1. The number of benzene rings is 2. The van der Waals surface area contributed by atoms with Crippen LogP contribution in [0.15, 0.2) is 48.0 Å². The minimum absolute atomic E-state index is 0.0780. The van der Waals surface area contributed by atoms with E-state index < -0.39 is 17.8 Å². The highest BCUT2D eigenvalue weighted by atomic mass is 16.5. The van der Waals surface area contributed by atoms with Gasteiger partial charge in [0.1, 0.15) is 23.7 Å². The molecule has 1 aliphatic carbocycles. The van der Waals surface area contributed by atoms with Crippen molar-refractivity contribution >= 4 is 35.5 Å². The van der Waals surface area contributed by atoms with Crippen LogP contribution in [0.3, 0.4) is 0 Å². The molecule has 2 fully saturated rings. The molecule has 1 saturated carbocycles. The van der Waals surface area contributed by atoms with Crippen LogP contribution in [0, 0.1) is 0 Å². The van der Waals surface area contributed by atoms with Crippen molar-refractivity contribution < 1.29 is 28.7 Å². The highest BCUT2D eigenvalue weighted by Gasteiger charge is 2.40. The lowest BCUT2D eigenvalue weighted by Gasteiger charge is -2.35. The predicted octanol–water partition coefficient (Wildman–Crippen LogP) is 4.03. The van der Waals surface area contributed by atoms with Gasteiger partial charge in [0.25, 0.3) is 11.8 Å². The van der Waals surface area contributed by atoms with Gasteiger partial charge in [-0.25, -0.2) is 4.79 Å². The molecule has 2 aliphatic rings. The lowest BCUT2D eigenvalue weighted by Crippen LogP contribution is -2.58. The number of nitrogens with zero attached hydrogens (tertiary/aromatic N) is 1. The fourth-order valence-corrected chi connectivity index (χ4v) is 4.51. The van der Waals surface area contributed by atoms with Crippen LogP contribution in [0.1, 0.15) is 50.2 Å². The van der Waals surface area contributed by atoms with Crippen molar-refractivity contribution in [2.75, 3.05) is 12.4 Å². The van der Waals surface area contributed by atoms with Crippen molar-refractivity contribution in [2.24, 2.45) is 0 Å². The van der Waals surface area contributed by atoms with Gasteiger partial charge in [-0.15, -0.1) is 0 Å². The summed E-state index contributed by atoms with van der Waals surface area (Å²) in [5.74, 6) is -0.243. The van der Waals surface area contributed by atoms with Gasteiger partial charge in [0.15, 0.2) is 0 Å². The first-order chi connectivity index (χ1) is 17.4. The van der Waals surface area contributed by atoms with Gasteiger partial charge in [0.2, 0.25) is 5.91 Å². The van der Waals surface area contributed by atoms with Crippen LogP contribution in [0.25, 0.3) is 6.08 Å². The number of anilines is 1. The Hall–Kier alpha value is -4.14. The quantitative estimate of drug-likeness (QED) is 0.447. The fraction of sp³-hybridized carbons (Fsp3) is 0.333. The number of nitrogens with one attached hydrogen (secondary N) is 2. The number of barbiturate groups is 1. The lowest BCUT2D eigenvalue weighted by molar-refractivity contribution is -0.132. The number of carbonyl (C=O) groups is 4. The third-order valence-corrected chi connectivity index (χ3v) is 6.26. The summed E-state index contributed by atoms with van der Waals surface area (Å²) in [7, 11) is 1.55. The Balaban J connectivity index is 1.53. The smallest absolute Gasteiger partial charge is 0.331 e. The summed E-state index contributed by atoms with van der Waals surface area (Å²) in [6, 6.07) is 11.4. The van der Waals surface area contributed by atoms with Crippen LogP contribution in [0.2, 0.25) is 0 Å². The Morgan fingerprint density at radius 1 is 1.08 bits per heavy atom. The number of ether oxygens (including phenoxy) is 2. The molecule has 1 heterocycles. The van der Waals surface area contributed by atoms with E-state index in [9.17, 15) is 19.2 Å². The second-order valence-corrected chi connectivity index (χ2v) is 8.85.